The molecule has 0 saturated carbocycles. The minimum atomic E-state index is -0.499. The van der Waals surface area contributed by atoms with E-state index in [1.165, 1.54) is 17.7 Å². The van der Waals surface area contributed by atoms with Crippen molar-refractivity contribution in [2.75, 3.05) is 10.6 Å². The molecule has 0 atom stereocenters. The zero-order chi connectivity index (χ0) is 19.7. The smallest absolute Gasteiger partial charge is 0.334 e. The summed E-state index contributed by atoms with van der Waals surface area (Å²) in [7, 11) is 0. The first-order valence-electron chi connectivity index (χ1n) is 8.48. The Bertz CT molecular complexity index is 1190. The van der Waals surface area contributed by atoms with Crippen molar-refractivity contribution in [1.29, 1.82) is 0 Å². The molecular weight excluding hydrogens is 376 g/mol. The molecule has 0 fully saturated rings. The van der Waals surface area contributed by atoms with Crippen LogP contribution >= 0.6 is 11.3 Å². The molecule has 9 heteroatoms. The third kappa shape index (κ3) is 3.35. The summed E-state index contributed by atoms with van der Waals surface area (Å²) in [6, 6.07) is 13.4. The van der Waals surface area contributed by atoms with E-state index in [-0.39, 0.29) is 17.3 Å². The third-order valence-electron chi connectivity index (χ3n) is 4.25. The second kappa shape index (κ2) is 7.20. The Balaban J connectivity index is 1.73. The van der Waals surface area contributed by atoms with Crippen LogP contribution in [-0.4, -0.2) is 19.9 Å². The van der Waals surface area contributed by atoms with Crippen LogP contribution in [0.25, 0.3) is 10.2 Å². The number of benzene rings is 2. The predicted molar refractivity (Wildman–Crippen MR) is 111 cm³/mol. The van der Waals surface area contributed by atoms with E-state index in [0.717, 1.165) is 27.0 Å². The number of anilines is 4. The standard InChI is InChI=1S/C19H16N6O2S/c1-11-6-3-4-8-13(11)22-17-16(25(26)27)18(21-10-20-17)24-19-23-15-12(2)7-5-9-14(15)28-19/h3-10H,1-2H3,(H2,20,21,22,23,24). The summed E-state index contributed by atoms with van der Waals surface area (Å²) in [5, 5.41) is 18.3. The Hall–Kier alpha value is -3.59. The molecule has 4 aromatic rings. The van der Waals surface area contributed by atoms with Gasteiger partial charge in [-0.15, -0.1) is 0 Å². The molecule has 0 saturated heterocycles. The van der Waals surface area contributed by atoms with Crippen molar-refractivity contribution in [2.24, 2.45) is 0 Å². The van der Waals surface area contributed by atoms with Crippen molar-refractivity contribution in [3.05, 3.63) is 70.0 Å². The largest absolute Gasteiger partial charge is 0.353 e. The summed E-state index contributed by atoms with van der Waals surface area (Å²) < 4.78 is 0.998. The van der Waals surface area contributed by atoms with Gasteiger partial charge in [0.25, 0.3) is 0 Å². The monoisotopic (exact) mass is 392 g/mol. The van der Waals surface area contributed by atoms with Gasteiger partial charge in [-0.3, -0.25) is 10.1 Å². The highest BCUT2D eigenvalue weighted by atomic mass is 32.1. The maximum Gasteiger partial charge on any atom is 0.353 e. The highest BCUT2D eigenvalue weighted by Crippen LogP contribution is 2.36. The topological polar surface area (TPSA) is 106 Å². The molecular formula is C19H16N6O2S. The minimum Gasteiger partial charge on any atom is -0.334 e. The molecule has 0 aliphatic heterocycles. The van der Waals surface area contributed by atoms with Crippen LogP contribution in [0.2, 0.25) is 0 Å². The number of thiazole rings is 1. The highest BCUT2D eigenvalue weighted by Gasteiger charge is 2.24. The van der Waals surface area contributed by atoms with Gasteiger partial charge in [0.2, 0.25) is 11.6 Å². The lowest BCUT2D eigenvalue weighted by Gasteiger charge is -2.10. The maximum absolute atomic E-state index is 11.8. The lowest BCUT2D eigenvalue weighted by Crippen LogP contribution is -2.06. The van der Waals surface area contributed by atoms with Crippen molar-refractivity contribution in [3.63, 3.8) is 0 Å². The van der Waals surface area contributed by atoms with Crippen LogP contribution in [-0.2, 0) is 0 Å². The van der Waals surface area contributed by atoms with E-state index < -0.39 is 4.92 Å². The molecule has 140 valence electrons. The molecule has 0 aliphatic carbocycles. The van der Waals surface area contributed by atoms with Crippen LogP contribution in [0.1, 0.15) is 11.1 Å². The van der Waals surface area contributed by atoms with Crippen LogP contribution in [0.4, 0.5) is 28.1 Å². The van der Waals surface area contributed by atoms with Gasteiger partial charge in [0.05, 0.1) is 15.1 Å². The first-order valence-corrected chi connectivity index (χ1v) is 9.30. The van der Waals surface area contributed by atoms with Crippen LogP contribution < -0.4 is 10.6 Å². The molecule has 2 heterocycles. The summed E-state index contributed by atoms with van der Waals surface area (Å²) in [4.78, 5) is 24.0. The van der Waals surface area contributed by atoms with E-state index in [0.29, 0.717) is 5.13 Å². The number of rotatable bonds is 5. The number of nitrogens with one attached hydrogen (secondary N) is 2. The summed E-state index contributed by atoms with van der Waals surface area (Å²) in [6.07, 6.45) is 1.29. The number of aryl methyl sites for hydroxylation is 2. The van der Waals surface area contributed by atoms with Crippen molar-refractivity contribution < 1.29 is 4.92 Å². The van der Waals surface area contributed by atoms with E-state index in [4.69, 9.17) is 0 Å². The fourth-order valence-corrected chi connectivity index (χ4v) is 3.76. The molecule has 4 rings (SSSR count). The van der Waals surface area contributed by atoms with Gasteiger partial charge in [-0.2, -0.15) is 0 Å². The molecule has 0 spiro atoms. The number of hydrogen-bond donors (Lipinski definition) is 2. The molecule has 2 N–H and O–H groups in total. The van der Waals surface area contributed by atoms with E-state index in [1.807, 2.05) is 56.3 Å². The highest BCUT2D eigenvalue weighted by molar-refractivity contribution is 7.22. The number of hydrogen-bond acceptors (Lipinski definition) is 8. The molecule has 0 amide bonds. The van der Waals surface area contributed by atoms with Crippen molar-refractivity contribution in [3.8, 4) is 0 Å². The van der Waals surface area contributed by atoms with Crippen molar-refractivity contribution in [2.45, 2.75) is 13.8 Å². The molecule has 28 heavy (non-hydrogen) atoms. The Morgan fingerprint density at radius 1 is 0.964 bits per heavy atom. The average molecular weight is 392 g/mol. The SMILES string of the molecule is Cc1ccccc1Nc1ncnc(Nc2nc3c(C)cccc3s2)c1[N+](=O)[O-]. The molecule has 0 radical (unpaired) electrons. The van der Waals surface area contributed by atoms with Gasteiger partial charge in [-0.05, 0) is 37.1 Å². The quantitative estimate of drug-likeness (QED) is 0.359. The number of aromatic nitrogens is 3. The Morgan fingerprint density at radius 3 is 2.39 bits per heavy atom. The summed E-state index contributed by atoms with van der Waals surface area (Å²) in [6.45, 7) is 3.89. The first kappa shape index (κ1) is 17.8. The van der Waals surface area contributed by atoms with Crippen LogP contribution in [0.5, 0.6) is 0 Å². The van der Waals surface area contributed by atoms with Gasteiger partial charge in [-0.1, -0.05) is 41.7 Å². The molecule has 0 unspecified atom stereocenters. The molecule has 8 nitrogen and oxygen atoms in total. The summed E-state index contributed by atoms with van der Waals surface area (Å²) in [5.41, 5.74) is 3.37. The van der Waals surface area contributed by atoms with Gasteiger partial charge in [0.1, 0.15) is 6.33 Å². The number of nitrogens with zero attached hydrogens (tertiary/aromatic N) is 4. The lowest BCUT2D eigenvalue weighted by atomic mass is 10.2. The number of nitro groups is 1. The number of para-hydroxylation sites is 2. The fourth-order valence-electron chi connectivity index (χ4n) is 2.82. The first-order chi connectivity index (χ1) is 13.5. The lowest BCUT2D eigenvalue weighted by molar-refractivity contribution is -0.383. The Kier molecular flexibility index (Phi) is 4.58. The van der Waals surface area contributed by atoms with Gasteiger partial charge >= 0.3 is 5.69 Å². The van der Waals surface area contributed by atoms with Crippen molar-refractivity contribution in [1.82, 2.24) is 15.0 Å². The second-order valence-electron chi connectivity index (χ2n) is 6.18. The summed E-state index contributed by atoms with van der Waals surface area (Å²) in [5.74, 6) is 0.210. The van der Waals surface area contributed by atoms with Crippen LogP contribution in [0, 0.1) is 24.0 Å². The van der Waals surface area contributed by atoms with Gasteiger partial charge < -0.3 is 10.6 Å². The summed E-state index contributed by atoms with van der Waals surface area (Å²) >= 11 is 1.41. The Labute approximate surface area is 164 Å². The van der Waals surface area contributed by atoms with Crippen LogP contribution in [0.3, 0.4) is 0 Å². The third-order valence-corrected chi connectivity index (χ3v) is 5.19. The van der Waals surface area contributed by atoms with Crippen LogP contribution in [0.15, 0.2) is 48.8 Å². The van der Waals surface area contributed by atoms with Gasteiger partial charge in [-0.25, -0.2) is 15.0 Å². The predicted octanol–water partition coefficient (Wildman–Crippen LogP) is 5.10. The average Bonchev–Trinajstić information content (AvgIpc) is 3.07. The van der Waals surface area contributed by atoms with Gasteiger partial charge in [0, 0.05) is 5.69 Å². The fraction of sp³-hybridized carbons (Fsp3) is 0.105. The van der Waals surface area contributed by atoms with E-state index in [1.54, 1.807) is 0 Å². The van der Waals surface area contributed by atoms with Gasteiger partial charge in [0.15, 0.2) is 5.13 Å². The minimum absolute atomic E-state index is 0.0905. The van der Waals surface area contributed by atoms with E-state index in [2.05, 4.69) is 25.6 Å². The maximum atomic E-state index is 11.8. The molecule has 0 bridgehead atoms. The molecule has 2 aromatic carbocycles. The normalized spacial score (nSPS) is 10.8. The second-order valence-corrected chi connectivity index (χ2v) is 7.21. The number of fused-ring (bicyclic) bond motifs is 1. The zero-order valence-corrected chi connectivity index (χ0v) is 15.9. The van der Waals surface area contributed by atoms with E-state index >= 15 is 0 Å². The van der Waals surface area contributed by atoms with E-state index in [9.17, 15) is 10.1 Å². The Morgan fingerprint density at radius 2 is 1.68 bits per heavy atom. The molecule has 0 aliphatic rings. The van der Waals surface area contributed by atoms with Crippen molar-refractivity contribution >= 4 is 49.7 Å². The molecule has 2 aromatic heterocycles. The zero-order valence-electron chi connectivity index (χ0n) is 15.1.